The lowest BCUT2D eigenvalue weighted by Gasteiger charge is -2.11. The highest BCUT2D eigenvalue weighted by Crippen LogP contribution is 2.37. The predicted molar refractivity (Wildman–Crippen MR) is 90.0 cm³/mol. The number of anilines is 1. The van der Waals surface area contributed by atoms with Crippen LogP contribution in [0.2, 0.25) is 0 Å². The number of benzene rings is 1. The Kier molecular flexibility index (Phi) is 4.80. The van der Waals surface area contributed by atoms with Gasteiger partial charge >= 0.3 is 0 Å². The van der Waals surface area contributed by atoms with Gasteiger partial charge in [-0.15, -0.1) is 11.3 Å². The van der Waals surface area contributed by atoms with Gasteiger partial charge in [0.05, 0.1) is 5.56 Å². The summed E-state index contributed by atoms with van der Waals surface area (Å²) in [4.78, 5) is 25.0. The van der Waals surface area contributed by atoms with Crippen molar-refractivity contribution in [3.63, 3.8) is 0 Å². The SMILES string of the molecule is NC(=O)c1c(NC(=O)COc2ccc(F)cc2)sc2c1CCCC2. The number of rotatable bonds is 5. The lowest BCUT2D eigenvalue weighted by Crippen LogP contribution is -2.22. The van der Waals surface area contributed by atoms with Gasteiger partial charge in [0.25, 0.3) is 11.8 Å². The second kappa shape index (κ2) is 7.00. The Morgan fingerprint density at radius 2 is 1.92 bits per heavy atom. The topological polar surface area (TPSA) is 81.4 Å². The normalized spacial score (nSPS) is 13.2. The summed E-state index contributed by atoms with van der Waals surface area (Å²) < 4.78 is 18.1. The minimum atomic E-state index is -0.524. The lowest BCUT2D eigenvalue weighted by atomic mass is 9.95. The molecule has 0 fully saturated rings. The Balaban J connectivity index is 1.69. The van der Waals surface area contributed by atoms with Crippen LogP contribution >= 0.6 is 11.3 Å². The number of carbonyl (C=O) groups excluding carboxylic acids is 2. The molecule has 126 valence electrons. The molecule has 2 amide bonds. The molecule has 0 aliphatic heterocycles. The predicted octanol–water partition coefficient (Wildman–Crippen LogP) is 2.88. The van der Waals surface area contributed by atoms with Gasteiger partial charge in [-0.05, 0) is 55.5 Å². The summed E-state index contributed by atoms with van der Waals surface area (Å²) in [5, 5.41) is 3.20. The van der Waals surface area contributed by atoms with E-state index in [0.29, 0.717) is 16.3 Å². The van der Waals surface area contributed by atoms with Crippen LogP contribution in [0.5, 0.6) is 5.75 Å². The maximum Gasteiger partial charge on any atom is 0.262 e. The maximum atomic E-state index is 12.8. The second-order valence-electron chi connectivity index (χ2n) is 5.57. The largest absolute Gasteiger partial charge is 0.484 e. The molecule has 0 radical (unpaired) electrons. The molecule has 0 saturated carbocycles. The van der Waals surface area contributed by atoms with Crippen LogP contribution in [0.15, 0.2) is 24.3 Å². The van der Waals surface area contributed by atoms with E-state index in [4.69, 9.17) is 10.5 Å². The first-order valence-corrected chi connectivity index (χ1v) is 8.49. The number of ether oxygens (including phenoxy) is 1. The van der Waals surface area contributed by atoms with Crippen LogP contribution in [-0.4, -0.2) is 18.4 Å². The van der Waals surface area contributed by atoms with Crippen molar-refractivity contribution in [2.45, 2.75) is 25.7 Å². The van der Waals surface area contributed by atoms with Gasteiger partial charge in [0.2, 0.25) is 0 Å². The maximum absolute atomic E-state index is 12.8. The highest BCUT2D eigenvalue weighted by atomic mass is 32.1. The van der Waals surface area contributed by atoms with E-state index in [1.807, 2.05) is 0 Å². The van der Waals surface area contributed by atoms with Crippen molar-refractivity contribution in [2.75, 3.05) is 11.9 Å². The summed E-state index contributed by atoms with van der Waals surface area (Å²) in [7, 11) is 0. The summed E-state index contributed by atoms with van der Waals surface area (Å²) in [6.45, 7) is -0.230. The third kappa shape index (κ3) is 3.56. The Morgan fingerprint density at radius 3 is 2.62 bits per heavy atom. The monoisotopic (exact) mass is 348 g/mol. The van der Waals surface area contributed by atoms with Crippen LogP contribution < -0.4 is 15.8 Å². The fourth-order valence-corrected chi connectivity index (χ4v) is 4.07. The molecular formula is C17H17FN2O3S. The molecule has 2 aromatic rings. The third-order valence-corrected chi connectivity index (χ3v) is 5.06. The fourth-order valence-electron chi connectivity index (χ4n) is 2.76. The summed E-state index contributed by atoms with van der Waals surface area (Å²) >= 11 is 1.40. The quantitative estimate of drug-likeness (QED) is 0.872. The van der Waals surface area contributed by atoms with Crippen LogP contribution in [0.4, 0.5) is 9.39 Å². The molecule has 3 N–H and O–H groups in total. The zero-order chi connectivity index (χ0) is 17.1. The number of hydrogen-bond acceptors (Lipinski definition) is 4. The van der Waals surface area contributed by atoms with Crippen LogP contribution in [-0.2, 0) is 17.6 Å². The molecule has 0 atom stereocenters. The highest BCUT2D eigenvalue weighted by molar-refractivity contribution is 7.17. The Morgan fingerprint density at radius 1 is 1.21 bits per heavy atom. The molecule has 1 aromatic heterocycles. The number of amides is 2. The van der Waals surface area contributed by atoms with Gasteiger partial charge in [-0.3, -0.25) is 9.59 Å². The summed E-state index contributed by atoms with van der Waals surface area (Å²) in [6.07, 6.45) is 3.81. The van der Waals surface area contributed by atoms with Crippen molar-refractivity contribution in [3.8, 4) is 5.75 Å². The molecule has 0 saturated heterocycles. The van der Waals surface area contributed by atoms with Crippen molar-refractivity contribution in [2.24, 2.45) is 5.73 Å². The Hall–Kier alpha value is -2.41. The fraction of sp³-hybridized carbons (Fsp3) is 0.294. The van der Waals surface area contributed by atoms with Gasteiger partial charge in [-0.25, -0.2) is 4.39 Å². The van der Waals surface area contributed by atoms with E-state index in [2.05, 4.69) is 5.32 Å². The van der Waals surface area contributed by atoms with E-state index < -0.39 is 5.91 Å². The number of carbonyl (C=O) groups is 2. The number of nitrogens with two attached hydrogens (primary N) is 1. The van der Waals surface area contributed by atoms with E-state index in [9.17, 15) is 14.0 Å². The number of thiophene rings is 1. The summed E-state index contributed by atoms with van der Waals surface area (Å²) in [5.74, 6) is -0.890. The summed E-state index contributed by atoms with van der Waals surface area (Å²) in [6, 6.07) is 5.40. The standard InChI is InChI=1S/C17H17FN2O3S/c18-10-5-7-11(8-6-10)23-9-14(21)20-17-15(16(19)22)12-3-1-2-4-13(12)24-17/h5-8H,1-4,9H2,(H2,19,22)(H,20,21). The van der Waals surface area contributed by atoms with Crippen LogP contribution in [0.3, 0.4) is 0 Å². The van der Waals surface area contributed by atoms with Crippen LogP contribution in [0, 0.1) is 5.82 Å². The number of halogens is 1. The van der Waals surface area contributed by atoms with E-state index >= 15 is 0 Å². The highest BCUT2D eigenvalue weighted by Gasteiger charge is 2.24. The van der Waals surface area contributed by atoms with Crippen molar-refractivity contribution in [1.82, 2.24) is 0 Å². The van der Waals surface area contributed by atoms with E-state index in [1.165, 1.54) is 35.6 Å². The second-order valence-corrected chi connectivity index (χ2v) is 6.68. The van der Waals surface area contributed by atoms with Crippen molar-refractivity contribution in [3.05, 3.63) is 46.1 Å². The van der Waals surface area contributed by atoms with Crippen molar-refractivity contribution < 1.29 is 18.7 Å². The first-order valence-electron chi connectivity index (χ1n) is 7.67. The third-order valence-electron chi connectivity index (χ3n) is 3.85. The Bertz CT molecular complexity index is 771. The number of nitrogens with one attached hydrogen (secondary N) is 1. The van der Waals surface area contributed by atoms with Crippen LogP contribution in [0.1, 0.15) is 33.6 Å². The molecular weight excluding hydrogens is 331 g/mol. The number of hydrogen-bond donors (Lipinski definition) is 2. The van der Waals surface area contributed by atoms with Gasteiger partial charge in [0.1, 0.15) is 16.6 Å². The van der Waals surface area contributed by atoms with E-state index in [-0.39, 0.29) is 18.3 Å². The van der Waals surface area contributed by atoms with Gasteiger partial charge < -0.3 is 15.8 Å². The average Bonchev–Trinajstić information content (AvgIpc) is 2.92. The zero-order valence-electron chi connectivity index (χ0n) is 12.9. The van der Waals surface area contributed by atoms with E-state index in [1.54, 1.807) is 0 Å². The van der Waals surface area contributed by atoms with Gasteiger partial charge in [-0.1, -0.05) is 0 Å². The molecule has 0 bridgehead atoms. The number of fused-ring (bicyclic) bond motifs is 1. The number of aryl methyl sites for hydroxylation is 1. The molecule has 7 heteroatoms. The lowest BCUT2D eigenvalue weighted by molar-refractivity contribution is -0.118. The average molecular weight is 348 g/mol. The molecule has 1 heterocycles. The molecule has 1 aliphatic carbocycles. The molecule has 24 heavy (non-hydrogen) atoms. The molecule has 0 spiro atoms. The van der Waals surface area contributed by atoms with Gasteiger partial charge in [0.15, 0.2) is 6.61 Å². The van der Waals surface area contributed by atoms with Crippen LogP contribution in [0.25, 0.3) is 0 Å². The minimum Gasteiger partial charge on any atom is -0.484 e. The van der Waals surface area contributed by atoms with Crippen molar-refractivity contribution >= 4 is 28.2 Å². The van der Waals surface area contributed by atoms with Crippen molar-refractivity contribution in [1.29, 1.82) is 0 Å². The molecule has 1 aromatic carbocycles. The first kappa shape index (κ1) is 16.4. The molecule has 3 rings (SSSR count). The van der Waals surface area contributed by atoms with Gasteiger partial charge in [0, 0.05) is 4.88 Å². The van der Waals surface area contributed by atoms with Gasteiger partial charge in [-0.2, -0.15) is 0 Å². The zero-order valence-corrected chi connectivity index (χ0v) is 13.7. The minimum absolute atomic E-state index is 0.230. The first-order chi connectivity index (χ1) is 11.5. The molecule has 1 aliphatic rings. The smallest absolute Gasteiger partial charge is 0.262 e. The number of primary amides is 1. The molecule has 0 unspecified atom stereocenters. The summed E-state index contributed by atoms with van der Waals surface area (Å²) in [5.41, 5.74) is 6.88. The van der Waals surface area contributed by atoms with E-state index in [0.717, 1.165) is 36.1 Å². The Labute approximate surface area is 142 Å². The molecule has 5 nitrogen and oxygen atoms in total.